The molecule has 1 heterocycles. The molecule has 1 aromatic heterocycles. The molecule has 7 nitrogen and oxygen atoms in total. The third kappa shape index (κ3) is 3.33. The van der Waals surface area contributed by atoms with Gasteiger partial charge in [0.15, 0.2) is 0 Å². The molecule has 0 radical (unpaired) electrons. The Kier molecular flexibility index (Phi) is 4.67. The van der Waals surface area contributed by atoms with Crippen molar-refractivity contribution in [2.45, 2.75) is 13.5 Å². The minimum atomic E-state index is -0.127. The standard InChI is InChI=1S/C13H16N4O3/c1-3-19-12-15-11(14-2)16-13(17-12)20-10-7-5-4-6-9(10)8-18/h4-7,18H,3,8H2,1-2H3,(H,14,15,16,17). The summed E-state index contributed by atoms with van der Waals surface area (Å²) in [5.74, 6) is 0.839. The highest BCUT2D eigenvalue weighted by Crippen LogP contribution is 2.24. The number of hydrogen-bond acceptors (Lipinski definition) is 7. The molecule has 2 aromatic rings. The van der Waals surface area contributed by atoms with Crippen LogP contribution in [0, 0.1) is 0 Å². The molecule has 0 saturated heterocycles. The number of benzene rings is 1. The lowest BCUT2D eigenvalue weighted by Gasteiger charge is -2.09. The van der Waals surface area contributed by atoms with Crippen molar-refractivity contribution in [3.8, 4) is 17.8 Å². The summed E-state index contributed by atoms with van der Waals surface area (Å²) in [5.41, 5.74) is 0.650. The molecule has 0 spiro atoms. The fraction of sp³-hybridized carbons (Fsp3) is 0.308. The zero-order valence-electron chi connectivity index (χ0n) is 11.3. The topological polar surface area (TPSA) is 89.4 Å². The fourth-order valence-electron chi connectivity index (χ4n) is 1.52. The van der Waals surface area contributed by atoms with E-state index in [-0.39, 0.29) is 18.6 Å². The minimum Gasteiger partial charge on any atom is -0.464 e. The summed E-state index contributed by atoms with van der Waals surface area (Å²) in [7, 11) is 1.69. The summed E-state index contributed by atoms with van der Waals surface area (Å²) in [4.78, 5) is 12.2. The second-order valence-electron chi connectivity index (χ2n) is 3.78. The predicted molar refractivity (Wildman–Crippen MR) is 73.0 cm³/mol. The van der Waals surface area contributed by atoms with E-state index in [0.29, 0.717) is 23.9 Å². The van der Waals surface area contributed by atoms with E-state index in [4.69, 9.17) is 9.47 Å². The third-order valence-electron chi connectivity index (χ3n) is 2.44. The molecule has 0 saturated carbocycles. The van der Waals surface area contributed by atoms with Crippen molar-refractivity contribution >= 4 is 5.95 Å². The van der Waals surface area contributed by atoms with E-state index in [9.17, 15) is 5.11 Å². The molecule has 7 heteroatoms. The van der Waals surface area contributed by atoms with E-state index in [1.165, 1.54) is 0 Å². The first-order chi connectivity index (χ1) is 9.76. The van der Waals surface area contributed by atoms with Gasteiger partial charge in [0.1, 0.15) is 5.75 Å². The lowest BCUT2D eigenvalue weighted by Crippen LogP contribution is -2.05. The SMILES string of the molecule is CCOc1nc(NC)nc(Oc2ccccc2CO)n1. The van der Waals surface area contributed by atoms with Gasteiger partial charge in [-0.15, -0.1) is 4.98 Å². The first kappa shape index (κ1) is 14.0. The van der Waals surface area contributed by atoms with Crippen LogP contribution in [0.3, 0.4) is 0 Å². The quantitative estimate of drug-likeness (QED) is 0.828. The van der Waals surface area contributed by atoms with Crippen LogP contribution < -0.4 is 14.8 Å². The summed E-state index contributed by atoms with van der Waals surface area (Å²) in [5, 5.41) is 12.1. The third-order valence-corrected chi connectivity index (χ3v) is 2.44. The van der Waals surface area contributed by atoms with E-state index >= 15 is 0 Å². The Morgan fingerprint density at radius 3 is 2.60 bits per heavy atom. The molecule has 2 N–H and O–H groups in total. The molecule has 20 heavy (non-hydrogen) atoms. The lowest BCUT2D eigenvalue weighted by atomic mass is 10.2. The van der Waals surface area contributed by atoms with Crippen LogP contribution in [0.4, 0.5) is 5.95 Å². The van der Waals surface area contributed by atoms with Gasteiger partial charge in [0.05, 0.1) is 13.2 Å². The number of para-hydroxylation sites is 1. The van der Waals surface area contributed by atoms with E-state index in [1.54, 1.807) is 25.2 Å². The number of aromatic nitrogens is 3. The maximum Gasteiger partial charge on any atom is 0.330 e. The molecular formula is C13H16N4O3. The molecule has 0 aliphatic rings. The van der Waals surface area contributed by atoms with Gasteiger partial charge in [0.25, 0.3) is 0 Å². The predicted octanol–water partition coefficient (Wildman–Crippen LogP) is 1.60. The Morgan fingerprint density at radius 2 is 1.90 bits per heavy atom. The maximum absolute atomic E-state index is 9.27. The van der Waals surface area contributed by atoms with Gasteiger partial charge in [0, 0.05) is 12.6 Å². The van der Waals surface area contributed by atoms with Crippen LogP contribution in [0.2, 0.25) is 0 Å². The Labute approximate surface area is 116 Å². The van der Waals surface area contributed by atoms with Crippen LogP contribution in [-0.2, 0) is 6.61 Å². The second-order valence-corrected chi connectivity index (χ2v) is 3.78. The maximum atomic E-state index is 9.27. The van der Waals surface area contributed by atoms with Crippen molar-refractivity contribution in [3.63, 3.8) is 0 Å². The molecule has 0 fully saturated rings. The molecule has 2 rings (SSSR count). The van der Waals surface area contributed by atoms with Crippen molar-refractivity contribution in [2.24, 2.45) is 0 Å². The average molecular weight is 276 g/mol. The Hall–Kier alpha value is -2.41. The number of rotatable bonds is 6. The van der Waals surface area contributed by atoms with Gasteiger partial charge in [0.2, 0.25) is 5.95 Å². The number of hydrogen-bond donors (Lipinski definition) is 2. The highest BCUT2D eigenvalue weighted by molar-refractivity contribution is 5.35. The van der Waals surface area contributed by atoms with Gasteiger partial charge < -0.3 is 19.9 Å². The van der Waals surface area contributed by atoms with Crippen molar-refractivity contribution < 1.29 is 14.6 Å². The molecule has 0 bridgehead atoms. The summed E-state index contributed by atoms with van der Waals surface area (Å²) in [6.07, 6.45) is 0. The number of aliphatic hydroxyl groups is 1. The van der Waals surface area contributed by atoms with Crippen molar-refractivity contribution in [1.29, 1.82) is 0 Å². The molecule has 1 aromatic carbocycles. The minimum absolute atomic E-state index is 0.105. The van der Waals surface area contributed by atoms with E-state index in [1.807, 2.05) is 13.0 Å². The molecule has 0 unspecified atom stereocenters. The highest BCUT2D eigenvalue weighted by Gasteiger charge is 2.10. The number of aliphatic hydroxyl groups excluding tert-OH is 1. The monoisotopic (exact) mass is 276 g/mol. The molecule has 0 amide bonds. The largest absolute Gasteiger partial charge is 0.464 e. The van der Waals surface area contributed by atoms with E-state index < -0.39 is 0 Å². The normalized spacial score (nSPS) is 10.2. The smallest absolute Gasteiger partial charge is 0.330 e. The average Bonchev–Trinajstić information content (AvgIpc) is 2.48. The van der Waals surface area contributed by atoms with E-state index in [0.717, 1.165) is 0 Å². The summed E-state index contributed by atoms with van der Waals surface area (Å²) >= 11 is 0. The first-order valence-electron chi connectivity index (χ1n) is 6.20. The van der Waals surface area contributed by atoms with Gasteiger partial charge in [-0.3, -0.25) is 0 Å². The molecule has 0 aliphatic carbocycles. The summed E-state index contributed by atoms with van der Waals surface area (Å²) in [6.45, 7) is 2.16. The van der Waals surface area contributed by atoms with Crippen molar-refractivity contribution in [2.75, 3.05) is 19.0 Å². The van der Waals surface area contributed by atoms with Gasteiger partial charge in [-0.25, -0.2) is 0 Å². The second kappa shape index (κ2) is 6.67. The molecular weight excluding hydrogens is 260 g/mol. The Morgan fingerprint density at radius 1 is 1.15 bits per heavy atom. The zero-order chi connectivity index (χ0) is 14.4. The van der Waals surface area contributed by atoms with Gasteiger partial charge >= 0.3 is 12.0 Å². The summed E-state index contributed by atoms with van der Waals surface area (Å²) < 4.78 is 10.8. The number of nitrogens with zero attached hydrogens (tertiary/aromatic N) is 3. The number of ether oxygens (including phenoxy) is 2. The highest BCUT2D eigenvalue weighted by atomic mass is 16.5. The summed E-state index contributed by atoms with van der Waals surface area (Å²) in [6, 6.07) is 7.40. The van der Waals surface area contributed by atoms with Crippen LogP contribution in [0.5, 0.6) is 17.8 Å². The Balaban J connectivity index is 2.30. The van der Waals surface area contributed by atoms with Crippen molar-refractivity contribution in [1.82, 2.24) is 15.0 Å². The zero-order valence-corrected chi connectivity index (χ0v) is 11.3. The Bertz CT molecular complexity index is 577. The van der Waals surface area contributed by atoms with Crippen LogP contribution in [0.15, 0.2) is 24.3 Å². The first-order valence-corrected chi connectivity index (χ1v) is 6.20. The van der Waals surface area contributed by atoms with Crippen molar-refractivity contribution in [3.05, 3.63) is 29.8 Å². The van der Waals surface area contributed by atoms with Gasteiger partial charge in [-0.2, -0.15) is 9.97 Å². The fourth-order valence-corrected chi connectivity index (χ4v) is 1.52. The van der Waals surface area contributed by atoms with Crippen LogP contribution in [0.25, 0.3) is 0 Å². The van der Waals surface area contributed by atoms with Crippen LogP contribution >= 0.6 is 0 Å². The number of anilines is 1. The molecule has 106 valence electrons. The van der Waals surface area contributed by atoms with Crippen LogP contribution in [-0.4, -0.2) is 33.7 Å². The lowest BCUT2D eigenvalue weighted by molar-refractivity contribution is 0.274. The van der Waals surface area contributed by atoms with Gasteiger partial charge in [-0.1, -0.05) is 18.2 Å². The number of nitrogens with one attached hydrogen (secondary N) is 1. The molecule has 0 aliphatic heterocycles. The van der Waals surface area contributed by atoms with Gasteiger partial charge in [-0.05, 0) is 13.0 Å². The van der Waals surface area contributed by atoms with E-state index in [2.05, 4.69) is 20.3 Å². The molecule has 0 atom stereocenters. The van der Waals surface area contributed by atoms with Crippen LogP contribution in [0.1, 0.15) is 12.5 Å².